The molecule has 0 aliphatic heterocycles. The molecule has 1 aliphatic carbocycles. The van der Waals surface area contributed by atoms with Gasteiger partial charge in [-0.1, -0.05) is 17.7 Å². The standard InChI is InChI=1S/C14H23BN2O2/c16-10-19-15-9-11-1-3-12(4-2-11)17-13-5-7-14(18)8-6-13/h1-4,13-15,17-18H,5-10,16H2/t13-,14-. The van der Waals surface area contributed by atoms with Crippen molar-refractivity contribution < 1.29 is 9.76 Å². The third-order valence-electron chi connectivity index (χ3n) is 3.67. The average molecular weight is 262 g/mol. The summed E-state index contributed by atoms with van der Waals surface area (Å²) in [6.45, 7) is 0.285. The van der Waals surface area contributed by atoms with Crippen LogP contribution in [0.25, 0.3) is 0 Å². The van der Waals surface area contributed by atoms with Crippen molar-refractivity contribution in [3.8, 4) is 0 Å². The van der Waals surface area contributed by atoms with Gasteiger partial charge in [-0.15, -0.1) is 0 Å². The van der Waals surface area contributed by atoms with E-state index in [2.05, 4.69) is 29.6 Å². The van der Waals surface area contributed by atoms with Gasteiger partial charge in [0.15, 0.2) is 0 Å². The lowest BCUT2D eigenvalue weighted by Gasteiger charge is -2.27. The summed E-state index contributed by atoms with van der Waals surface area (Å²) in [6.07, 6.45) is 4.72. The van der Waals surface area contributed by atoms with Gasteiger partial charge in [-0.2, -0.15) is 0 Å². The van der Waals surface area contributed by atoms with Crippen LogP contribution in [0.2, 0.25) is 0 Å². The lowest BCUT2D eigenvalue weighted by atomic mass is 9.89. The zero-order valence-corrected chi connectivity index (χ0v) is 11.3. The quantitative estimate of drug-likeness (QED) is 0.409. The molecule has 0 radical (unpaired) electrons. The molecule has 1 saturated carbocycles. The number of aliphatic hydroxyl groups excluding tert-OH is 1. The molecule has 4 N–H and O–H groups in total. The fourth-order valence-electron chi connectivity index (χ4n) is 2.50. The molecular formula is C14H23BN2O2. The van der Waals surface area contributed by atoms with E-state index < -0.39 is 0 Å². The van der Waals surface area contributed by atoms with Gasteiger partial charge in [0.25, 0.3) is 7.48 Å². The third-order valence-corrected chi connectivity index (χ3v) is 3.67. The molecular weight excluding hydrogens is 239 g/mol. The zero-order chi connectivity index (χ0) is 13.5. The van der Waals surface area contributed by atoms with E-state index in [-0.39, 0.29) is 12.8 Å². The summed E-state index contributed by atoms with van der Waals surface area (Å²) in [5, 5.41) is 13.0. The Kier molecular flexibility index (Phi) is 5.70. The molecule has 0 aromatic heterocycles. The molecule has 2 rings (SSSR count). The highest BCUT2D eigenvalue weighted by atomic mass is 16.4. The zero-order valence-electron chi connectivity index (χ0n) is 11.3. The molecule has 104 valence electrons. The van der Waals surface area contributed by atoms with Gasteiger partial charge in [0.05, 0.1) is 12.8 Å². The molecule has 0 amide bonds. The normalized spacial score (nSPS) is 23.1. The number of anilines is 1. The summed E-state index contributed by atoms with van der Waals surface area (Å²) >= 11 is 0. The fraction of sp³-hybridized carbons (Fsp3) is 0.571. The van der Waals surface area contributed by atoms with Crippen molar-refractivity contribution in [1.29, 1.82) is 0 Å². The van der Waals surface area contributed by atoms with Gasteiger partial charge in [-0.25, -0.2) is 0 Å². The molecule has 19 heavy (non-hydrogen) atoms. The second-order valence-corrected chi connectivity index (χ2v) is 5.17. The maximum atomic E-state index is 9.48. The van der Waals surface area contributed by atoms with Gasteiger partial charge in [0.2, 0.25) is 0 Å². The summed E-state index contributed by atoms with van der Waals surface area (Å²) < 4.78 is 5.14. The molecule has 0 atom stereocenters. The molecule has 1 aromatic rings. The first-order valence-corrected chi connectivity index (χ1v) is 7.09. The first-order chi connectivity index (χ1) is 9.28. The van der Waals surface area contributed by atoms with E-state index in [1.807, 2.05) is 0 Å². The van der Waals surface area contributed by atoms with Gasteiger partial charge in [-0.3, -0.25) is 0 Å². The Morgan fingerprint density at radius 2 is 1.89 bits per heavy atom. The predicted molar refractivity (Wildman–Crippen MR) is 79.3 cm³/mol. The van der Waals surface area contributed by atoms with E-state index in [9.17, 15) is 5.11 Å². The number of rotatable bonds is 6. The maximum Gasteiger partial charge on any atom is 0.281 e. The van der Waals surface area contributed by atoms with Crippen LogP contribution in [0.3, 0.4) is 0 Å². The van der Waals surface area contributed by atoms with E-state index in [4.69, 9.17) is 10.4 Å². The molecule has 0 heterocycles. The topological polar surface area (TPSA) is 67.5 Å². The molecule has 0 unspecified atom stereocenters. The van der Waals surface area contributed by atoms with Crippen LogP contribution >= 0.6 is 0 Å². The van der Waals surface area contributed by atoms with Gasteiger partial charge < -0.3 is 20.8 Å². The summed E-state index contributed by atoms with van der Waals surface area (Å²) in [4.78, 5) is 0. The Balaban J connectivity index is 1.78. The Morgan fingerprint density at radius 3 is 2.53 bits per heavy atom. The summed E-state index contributed by atoms with van der Waals surface area (Å²) in [5.74, 6) is 0. The van der Waals surface area contributed by atoms with E-state index in [0.29, 0.717) is 13.5 Å². The molecule has 0 spiro atoms. The van der Waals surface area contributed by atoms with Gasteiger partial charge in [0, 0.05) is 11.7 Å². The van der Waals surface area contributed by atoms with E-state index >= 15 is 0 Å². The Hall–Kier alpha value is -1.04. The second-order valence-electron chi connectivity index (χ2n) is 5.17. The number of hydrogen-bond donors (Lipinski definition) is 3. The number of hydrogen-bond acceptors (Lipinski definition) is 4. The maximum absolute atomic E-state index is 9.48. The van der Waals surface area contributed by atoms with E-state index in [1.54, 1.807) is 0 Å². The van der Waals surface area contributed by atoms with Crippen LogP contribution in [0.1, 0.15) is 31.2 Å². The molecule has 0 saturated heterocycles. The minimum Gasteiger partial charge on any atom is -0.427 e. The van der Waals surface area contributed by atoms with Crippen molar-refractivity contribution in [2.45, 2.75) is 44.1 Å². The number of aliphatic hydroxyl groups is 1. The van der Waals surface area contributed by atoms with Crippen molar-refractivity contribution in [2.24, 2.45) is 5.73 Å². The van der Waals surface area contributed by atoms with Crippen molar-refractivity contribution in [3.63, 3.8) is 0 Å². The van der Waals surface area contributed by atoms with Crippen LogP contribution in [0.15, 0.2) is 24.3 Å². The lowest BCUT2D eigenvalue weighted by molar-refractivity contribution is 0.126. The third kappa shape index (κ3) is 4.86. The van der Waals surface area contributed by atoms with Crippen LogP contribution in [0, 0.1) is 0 Å². The first kappa shape index (κ1) is 14.4. The minimum atomic E-state index is -0.0945. The Morgan fingerprint density at radius 1 is 1.21 bits per heavy atom. The Bertz CT molecular complexity index is 364. The summed E-state index contributed by atoms with van der Waals surface area (Å²) in [5.41, 5.74) is 7.70. The molecule has 4 nitrogen and oxygen atoms in total. The van der Waals surface area contributed by atoms with Crippen LogP contribution < -0.4 is 11.1 Å². The van der Waals surface area contributed by atoms with Gasteiger partial charge >= 0.3 is 0 Å². The van der Waals surface area contributed by atoms with Crippen LogP contribution in [-0.4, -0.2) is 31.5 Å². The number of benzene rings is 1. The number of nitrogens with one attached hydrogen (secondary N) is 1. The van der Waals surface area contributed by atoms with Crippen molar-refractivity contribution in [3.05, 3.63) is 29.8 Å². The largest absolute Gasteiger partial charge is 0.427 e. The summed E-state index contributed by atoms with van der Waals surface area (Å²) in [7, 11) is 0.670. The van der Waals surface area contributed by atoms with Crippen molar-refractivity contribution in [1.82, 2.24) is 0 Å². The molecule has 0 bridgehead atoms. The lowest BCUT2D eigenvalue weighted by Crippen LogP contribution is -2.28. The second kappa shape index (κ2) is 7.53. The van der Waals surface area contributed by atoms with Gasteiger partial charge in [-0.05, 0) is 44.1 Å². The fourth-order valence-corrected chi connectivity index (χ4v) is 2.50. The molecule has 1 aliphatic rings. The van der Waals surface area contributed by atoms with Crippen LogP contribution in [0.5, 0.6) is 0 Å². The average Bonchev–Trinajstić information content (AvgIpc) is 2.44. The van der Waals surface area contributed by atoms with Gasteiger partial charge in [0.1, 0.15) is 0 Å². The van der Waals surface area contributed by atoms with Crippen molar-refractivity contribution >= 4 is 13.2 Å². The smallest absolute Gasteiger partial charge is 0.281 e. The van der Waals surface area contributed by atoms with Crippen LogP contribution in [-0.2, 0) is 11.0 Å². The van der Waals surface area contributed by atoms with E-state index in [1.165, 1.54) is 5.56 Å². The molecule has 1 aromatic carbocycles. The van der Waals surface area contributed by atoms with E-state index in [0.717, 1.165) is 37.7 Å². The summed E-state index contributed by atoms with van der Waals surface area (Å²) in [6, 6.07) is 8.97. The first-order valence-electron chi connectivity index (χ1n) is 7.09. The van der Waals surface area contributed by atoms with Crippen molar-refractivity contribution in [2.75, 3.05) is 12.0 Å². The Labute approximate surface area is 115 Å². The molecule has 5 heteroatoms. The monoisotopic (exact) mass is 262 g/mol. The van der Waals surface area contributed by atoms with Crippen LogP contribution in [0.4, 0.5) is 5.69 Å². The SMILES string of the molecule is NCOBCc1ccc(N[C@H]2CC[C@H](O)CC2)cc1. The highest BCUT2D eigenvalue weighted by Crippen LogP contribution is 2.22. The minimum absolute atomic E-state index is 0.0945. The molecule has 1 fully saturated rings. The predicted octanol–water partition coefficient (Wildman–Crippen LogP) is 1.19. The highest BCUT2D eigenvalue weighted by molar-refractivity contribution is 6.26. The number of nitrogens with two attached hydrogens (primary N) is 1. The highest BCUT2D eigenvalue weighted by Gasteiger charge is 2.18.